The summed E-state index contributed by atoms with van der Waals surface area (Å²) >= 11 is 5.99. The Morgan fingerprint density at radius 1 is 1.00 bits per heavy atom. The molecule has 2 rings (SSSR count). The molecule has 1 unspecified atom stereocenters. The molecule has 0 aromatic heterocycles. The van der Waals surface area contributed by atoms with E-state index >= 15 is 0 Å². The number of halogens is 1. The van der Waals surface area contributed by atoms with Gasteiger partial charge in [0.25, 0.3) is 0 Å². The van der Waals surface area contributed by atoms with E-state index in [1.165, 1.54) is 4.90 Å². The molecule has 2 aromatic carbocycles. The molecule has 0 aliphatic carbocycles. The molecule has 34 heavy (non-hydrogen) atoms. The minimum absolute atomic E-state index is 0.126. The normalized spacial score (nSPS) is 12.7. The Morgan fingerprint density at radius 2 is 1.53 bits per heavy atom. The van der Waals surface area contributed by atoms with Crippen LogP contribution < -0.4 is 9.62 Å². The molecule has 0 heterocycles. The lowest BCUT2D eigenvalue weighted by Gasteiger charge is -2.33. The first kappa shape index (κ1) is 27.7. The van der Waals surface area contributed by atoms with Crippen molar-refractivity contribution in [3.8, 4) is 0 Å². The van der Waals surface area contributed by atoms with E-state index in [0.717, 1.165) is 28.1 Å². The van der Waals surface area contributed by atoms with E-state index in [-0.39, 0.29) is 12.5 Å². The average molecular weight is 508 g/mol. The fraction of sp³-hybridized carbons (Fsp3) is 0.440. The maximum absolute atomic E-state index is 13.5. The molecule has 1 atom stereocenters. The number of anilines is 1. The number of aryl methyl sites for hydroxylation is 1. The number of amides is 2. The second-order valence-electron chi connectivity index (χ2n) is 9.35. The number of benzene rings is 2. The average Bonchev–Trinajstić information content (AvgIpc) is 2.74. The second-order valence-corrected chi connectivity index (χ2v) is 11.7. The third kappa shape index (κ3) is 8.02. The highest BCUT2D eigenvalue weighted by molar-refractivity contribution is 7.92. The lowest BCUT2D eigenvalue weighted by atomic mass is 10.1. The third-order valence-corrected chi connectivity index (χ3v) is 6.64. The Kier molecular flexibility index (Phi) is 9.14. The first-order valence-electron chi connectivity index (χ1n) is 11.1. The zero-order valence-electron chi connectivity index (χ0n) is 20.6. The van der Waals surface area contributed by atoms with Crippen molar-refractivity contribution in [1.29, 1.82) is 0 Å². The van der Waals surface area contributed by atoms with Crippen LogP contribution in [-0.2, 0) is 32.6 Å². The summed E-state index contributed by atoms with van der Waals surface area (Å²) in [6, 6.07) is 13.2. The van der Waals surface area contributed by atoms with Gasteiger partial charge in [0.1, 0.15) is 12.6 Å². The molecule has 0 saturated heterocycles. The molecular weight excluding hydrogens is 474 g/mol. The molecule has 2 aromatic rings. The number of sulfonamides is 1. The van der Waals surface area contributed by atoms with Crippen LogP contribution in [0, 0.1) is 0 Å². The van der Waals surface area contributed by atoms with Crippen molar-refractivity contribution in [3.05, 3.63) is 64.7 Å². The molecule has 0 fully saturated rings. The molecule has 0 spiro atoms. The van der Waals surface area contributed by atoms with Gasteiger partial charge in [0.15, 0.2) is 0 Å². The SMILES string of the molecule is CCc1ccc(N(CC(=O)N(Cc2ccc(Cl)cc2)C(C)C(=O)NC(C)(C)C)S(C)(=O)=O)cc1. The maximum Gasteiger partial charge on any atom is 0.244 e. The van der Waals surface area contributed by atoms with E-state index in [9.17, 15) is 18.0 Å². The van der Waals surface area contributed by atoms with Crippen molar-refractivity contribution in [1.82, 2.24) is 10.2 Å². The summed E-state index contributed by atoms with van der Waals surface area (Å²) < 4.78 is 26.3. The standard InChI is InChI=1S/C25H34ClN3O4S/c1-7-19-10-14-22(15-11-19)29(34(6,32)33)17-23(30)28(16-20-8-12-21(26)13-9-20)18(2)24(31)27-25(3,4)5/h8-15,18H,7,16-17H2,1-6H3,(H,27,31). The fourth-order valence-electron chi connectivity index (χ4n) is 3.35. The predicted molar refractivity (Wildman–Crippen MR) is 137 cm³/mol. The quantitative estimate of drug-likeness (QED) is 0.555. The smallest absolute Gasteiger partial charge is 0.244 e. The van der Waals surface area contributed by atoms with E-state index < -0.39 is 34.1 Å². The van der Waals surface area contributed by atoms with Crippen molar-refractivity contribution < 1.29 is 18.0 Å². The molecule has 0 aliphatic heterocycles. The molecule has 2 amide bonds. The summed E-state index contributed by atoms with van der Waals surface area (Å²) in [6.07, 6.45) is 1.88. The van der Waals surface area contributed by atoms with Crippen LogP contribution in [0.4, 0.5) is 5.69 Å². The van der Waals surface area contributed by atoms with Gasteiger partial charge in [0, 0.05) is 17.1 Å². The Balaban J connectivity index is 2.38. The van der Waals surface area contributed by atoms with Crippen LogP contribution in [-0.4, -0.2) is 49.5 Å². The number of rotatable bonds is 9. The molecule has 0 radical (unpaired) electrons. The number of hydrogen-bond acceptors (Lipinski definition) is 4. The number of carbonyl (C=O) groups excluding carboxylic acids is 2. The topological polar surface area (TPSA) is 86.8 Å². The van der Waals surface area contributed by atoms with Gasteiger partial charge in [-0.3, -0.25) is 13.9 Å². The summed E-state index contributed by atoms with van der Waals surface area (Å²) in [5.41, 5.74) is 1.73. The second kappa shape index (κ2) is 11.2. The Bertz CT molecular complexity index is 1090. The zero-order valence-corrected chi connectivity index (χ0v) is 22.2. The first-order chi connectivity index (χ1) is 15.7. The van der Waals surface area contributed by atoms with Crippen LogP contribution in [0.25, 0.3) is 0 Å². The molecule has 186 valence electrons. The van der Waals surface area contributed by atoms with Gasteiger partial charge < -0.3 is 10.2 Å². The number of nitrogens with one attached hydrogen (secondary N) is 1. The summed E-state index contributed by atoms with van der Waals surface area (Å²) in [5.74, 6) is -0.815. The Hall–Kier alpha value is -2.58. The van der Waals surface area contributed by atoms with Gasteiger partial charge in [-0.15, -0.1) is 0 Å². The van der Waals surface area contributed by atoms with Gasteiger partial charge in [-0.25, -0.2) is 8.42 Å². The van der Waals surface area contributed by atoms with Crippen molar-refractivity contribution >= 4 is 39.1 Å². The van der Waals surface area contributed by atoms with E-state index in [1.807, 2.05) is 39.8 Å². The summed E-state index contributed by atoms with van der Waals surface area (Å²) in [7, 11) is -3.75. The highest BCUT2D eigenvalue weighted by Crippen LogP contribution is 2.20. The minimum atomic E-state index is -3.75. The van der Waals surface area contributed by atoms with Crippen molar-refractivity contribution in [2.24, 2.45) is 0 Å². The van der Waals surface area contributed by atoms with Crippen LogP contribution in [0.3, 0.4) is 0 Å². The Labute approximate surface area is 208 Å². The van der Waals surface area contributed by atoms with Gasteiger partial charge in [-0.1, -0.05) is 42.8 Å². The van der Waals surface area contributed by atoms with Crippen LogP contribution >= 0.6 is 11.6 Å². The molecular formula is C25H34ClN3O4S. The monoisotopic (exact) mass is 507 g/mol. The number of hydrogen-bond donors (Lipinski definition) is 1. The lowest BCUT2D eigenvalue weighted by molar-refractivity contribution is -0.140. The van der Waals surface area contributed by atoms with Crippen molar-refractivity contribution in [3.63, 3.8) is 0 Å². The van der Waals surface area contributed by atoms with Gasteiger partial charge in [-0.2, -0.15) is 0 Å². The fourth-order valence-corrected chi connectivity index (χ4v) is 4.33. The highest BCUT2D eigenvalue weighted by atomic mass is 35.5. The number of nitrogens with zero attached hydrogens (tertiary/aromatic N) is 2. The van der Waals surface area contributed by atoms with Crippen molar-refractivity contribution in [2.75, 3.05) is 17.1 Å². The van der Waals surface area contributed by atoms with Crippen molar-refractivity contribution in [2.45, 2.75) is 59.2 Å². The molecule has 0 saturated carbocycles. The van der Waals surface area contributed by atoms with Gasteiger partial charge in [0.2, 0.25) is 21.8 Å². The van der Waals surface area contributed by atoms with Gasteiger partial charge in [-0.05, 0) is 69.5 Å². The molecule has 0 aliphatic rings. The van der Waals surface area contributed by atoms with E-state index in [1.54, 1.807) is 43.3 Å². The van der Waals surface area contributed by atoms with E-state index in [0.29, 0.717) is 10.7 Å². The molecule has 0 bridgehead atoms. The molecule has 7 nitrogen and oxygen atoms in total. The predicted octanol–water partition coefficient (Wildman–Crippen LogP) is 4.00. The van der Waals surface area contributed by atoms with Crippen LogP contribution in [0.1, 0.15) is 45.7 Å². The van der Waals surface area contributed by atoms with Gasteiger partial charge >= 0.3 is 0 Å². The highest BCUT2D eigenvalue weighted by Gasteiger charge is 2.31. The minimum Gasteiger partial charge on any atom is -0.350 e. The molecule has 9 heteroatoms. The summed E-state index contributed by atoms with van der Waals surface area (Å²) in [4.78, 5) is 27.8. The Morgan fingerprint density at radius 3 is 2.00 bits per heavy atom. The molecule has 1 N–H and O–H groups in total. The summed E-state index contributed by atoms with van der Waals surface area (Å²) in [6.45, 7) is 8.91. The van der Waals surface area contributed by atoms with Crippen LogP contribution in [0.2, 0.25) is 5.02 Å². The van der Waals surface area contributed by atoms with Crippen LogP contribution in [0.15, 0.2) is 48.5 Å². The zero-order chi connectivity index (χ0) is 25.7. The van der Waals surface area contributed by atoms with Gasteiger partial charge in [0.05, 0.1) is 11.9 Å². The van der Waals surface area contributed by atoms with E-state index in [4.69, 9.17) is 11.6 Å². The lowest BCUT2D eigenvalue weighted by Crippen LogP contribution is -2.54. The van der Waals surface area contributed by atoms with Crippen LogP contribution in [0.5, 0.6) is 0 Å². The first-order valence-corrected chi connectivity index (χ1v) is 13.4. The summed E-state index contributed by atoms with van der Waals surface area (Å²) in [5, 5.41) is 3.45. The van der Waals surface area contributed by atoms with E-state index in [2.05, 4.69) is 5.32 Å². The maximum atomic E-state index is 13.5. The third-order valence-electron chi connectivity index (χ3n) is 5.24. The number of carbonyl (C=O) groups is 2. The largest absolute Gasteiger partial charge is 0.350 e.